The molecule has 2 nitrogen and oxygen atoms in total. The molecule has 0 amide bonds. The number of hydrogen-bond acceptors (Lipinski definition) is 1. The van der Waals surface area contributed by atoms with Crippen molar-refractivity contribution < 1.29 is 4.58 Å². The summed E-state index contributed by atoms with van der Waals surface area (Å²) in [5.41, 5.74) is 1.50. The topological polar surface area (TPSA) is 6.25 Å². The number of allylic oxidation sites excluding steroid dienone is 4. The predicted molar refractivity (Wildman–Crippen MR) is 77.9 cm³/mol. The Hall–Kier alpha value is -1.05. The molecule has 1 aliphatic carbocycles. The summed E-state index contributed by atoms with van der Waals surface area (Å²) in [5, 5.41) is 0. The molecule has 2 rings (SSSR count). The van der Waals surface area contributed by atoms with Crippen LogP contribution in [-0.4, -0.2) is 33.9 Å². The minimum Gasteiger partial charge on any atom is -0.257 e. The highest BCUT2D eigenvalue weighted by Crippen LogP contribution is 2.25. The van der Waals surface area contributed by atoms with Gasteiger partial charge in [0.25, 0.3) is 5.84 Å². The van der Waals surface area contributed by atoms with Crippen LogP contribution < -0.4 is 0 Å². The number of rotatable bonds is 3. The van der Waals surface area contributed by atoms with E-state index in [0.29, 0.717) is 18.0 Å². The first-order chi connectivity index (χ1) is 8.52. The third kappa shape index (κ3) is 2.38. The Bertz CT molecular complexity index is 399. The van der Waals surface area contributed by atoms with Gasteiger partial charge in [-0.25, -0.2) is 4.90 Å². The first kappa shape index (κ1) is 13.4. The van der Waals surface area contributed by atoms with Crippen LogP contribution in [0, 0.1) is 5.92 Å². The summed E-state index contributed by atoms with van der Waals surface area (Å²) in [6.45, 7) is 12.7. The smallest absolute Gasteiger partial charge is 0.255 e. The molecule has 0 unspecified atom stereocenters. The zero-order chi connectivity index (χ0) is 13.3. The molecule has 0 radical (unpaired) electrons. The maximum atomic E-state index is 2.60. The van der Waals surface area contributed by atoms with Gasteiger partial charge in [0.1, 0.15) is 18.3 Å². The average Bonchev–Trinajstić information content (AvgIpc) is 2.68. The first-order valence-electron chi connectivity index (χ1n) is 7.30. The Kier molecular flexibility index (Phi) is 3.94. The zero-order valence-corrected chi connectivity index (χ0v) is 12.5. The maximum absolute atomic E-state index is 2.60. The summed E-state index contributed by atoms with van der Waals surface area (Å²) in [6, 6.07) is 1.20. The fraction of sp³-hybridized carbons (Fsp3) is 0.688. The van der Waals surface area contributed by atoms with Crippen LogP contribution in [0.1, 0.15) is 47.5 Å². The molecule has 2 aliphatic rings. The van der Waals surface area contributed by atoms with Crippen molar-refractivity contribution >= 4 is 5.84 Å². The van der Waals surface area contributed by atoms with Crippen LogP contribution in [0.5, 0.6) is 0 Å². The highest BCUT2D eigenvalue weighted by Gasteiger charge is 2.40. The van der Waals surface area contributed by atoms with Crippen molar-refractivity contribution in [3.05, 3.63) is 23.9 Å². The van der Waals surface area contributed by atoms with E-state index in [2.05, 4.69) is 62.3 Å². The summed E-state index contributed by atoms with van der Waals surface area (Å²) >= 11 is 0. The molecule has 0 aromatic heterocycles. The van der Waals surface area contributed by atoms with E-state index in [-0.39, 0.29) is 0 Å². The van der Waals surface area contributed by atoms with Crippen molar-refractivity contribution in [2.75, 3.05) is 6.54 Å². The Morgan fingerprint density at radius 2 is 2.00 bits per heavy atom. The lowest BCUT2D eigenvalue weighted by atomic mass is 10.1. The second-order valence-electron chi connectivity index (χ2n) is 6.10. The molecule has 0 N–H and O–H groups in total. The van der Waals surface area contributed by atoms with E-state index in [1.807, 2.05) is 0 Å². The van der Waals surface area contributed by atoms with Crippen LogP contribution >= 0.6 is 0 Å². The lowest BCUT2D eigenvalue weighted by Crippen LogP contribution is -2.35. The van der Waals surface area contributed by atoms with Crippen LogP contribution in [0.15, 0.2) is 23.9 Å². The second-order valence-corrected chi connectivity index (χ2v) is 6.10. The van der Waals surface area contributed by atoms with Gasteiger partial charge in [0, 0.05) is 6.42 Å². The van der Waals surface area contributed by atoms with Gasteiger partial charge >= 0.3 is 0 Å². The van der Waals surface area contributed by atoms with Crippen molar-refractivity contribution in [2.24, 2.45) is 5.92 Å². The van der Waals surface area contributed by atoms with Gasteiger partial charge in [-0.1, -0.05) is 26.0 Å². The van der Waals surface area contributed by atoms with Gasteiger partial charge in [0.05, 0.1) is 12.0 Å². The molecule has 1 heterocycles. The number of nitrogens with zero attached hydrogens (tertiary/aromatic N) is 2. The molecule has 0 saturated carbocycles. The highest BCUT2D eigenvalue weighted by molar-refractivity contribution is 5.82. The third-order valence-electron chi connectivity index (χ3n) is 3.87. The van der Waals surface area contributed by atoms with Crippen molar-refractivity contribution in [2.45, 2.75) is 59.5 Å². The molecule has 2 heteroatoms. The van der Waals surface area contributed by atoms with Crippen LogP contribution in [0.25, 0.3) is 0 Å². The molecule has 18 heavy (non-hydrogen) atoms. The molecule has 0 aromatic rings. The fourth-order valence-corrected chi connectivity index (χ4v) is 3.27. The normalized spacial score (nSPS) is 24.5. The SMILES string of the molecule is CC(C)C1=[N+](C(C)C)[C@H](C)CN1C1=CC=CCC1. The zero-order valence-electron chi connectivity index (χ0n) is 12.5. The maximum Gasteiger partial charge on any atom is 0.255 e. The predicted octanol–water partition coefficient (Wildman–Crippen LogP) is 3.40. The van der Waals surface area contributed by atoms with Crippen LogP contribution in [0.4, 0.5) is 0 Å². The molecule has 0 saturated heterocycles. The molecule has 1 aliphatic heterocycles. The Morgan fingerprint density at radius 1 is 1.28 bits per heavy atom. The van der Waals surface area contributed by atoms with Gasteiger partial charge in [-0.2, -0.15) is 0 Å². The molecule has 100 valence electrons. The van der Waals surface area contributed by atoms with Crippen molar-refractivity contribution in [1.82, 2.24) is 4.90 Å². The third-order valence-corrected chi connectivity index (χ3v) is 3.87. The van der Waals surface area contributed by atoms with E-state index >= 15 is 0 Å². The van der Waals surface area contributed by atoms with Crippen LogP contribution in [0.3, 0.4) is 0 Å². The average molecular weight is 247 g/mol. The Balaban J connectivity index is 2.37. The van der Waals surface area contributed by atoms with Gasteiger partial charge in [0.2, 0.25) is 0 Å². The number of amidine groups is 1. The minimum absolute atomic E-state index is 0.585. The summed E-state index contributed by atoms with van der Waals surface area (Å²) < 4.78 is 2.60. The van der Waals surface area contributed by atoms with E-state index in [1.54, 1.807) is 0 Å². The largest absolute Gasteiger partial charge is 0.257 e. The molecule has 0 spiro atoms. The van der Waals surface area contributed by atoms with Gasteiger partial charge in [-0.15, -0.1) is 0 Å². The van der Waals surface area contributed by atoms with Gasteiger partial charge in [0.15, 0.2) is 0 Å². The van der Waals surface area contributed by atoms with Crippen molar-refractivity contribution in [1.29, 1.82) is 0 Å². The quantitative estimate of drug-likeness (QED) is 0.693. The Labute approximate surface area is 112 Å². The van der Waals surface area contributed by atoms with Crippen molar-refractivity contribution in [3.63, 3.8) is 0 Å². The van der Waals surface area contributed by atoms with E-state index in [4.69, 9.17) is 0 Å². The van der Waals surface area contributed by atoms with Crippen LogP contribution in [0.2, 0.25) is 0 Å². The molecule has 1 atom stereocenters. The highest BCUT2D eigenvalue weighted by atomic mass is 15.3. The van der Waals surface area contributed by atoms with E-state index in [0.717, 1.165) is 6.54 Å². The second kappa shape index (κ2) is 5.29. The summed E-state index contributed by atoms with van der Waals surface area (Å²) in [5.74, 6) is 2.10. The van der Waals surface area contributed by atoms with Gasteiger partial charge in [-0.3, -0.25) is 4.58 Å². The first-order valence-corrected chi connectivity index (χ1v) is 7.30. The van der Waals surface area contributed by atoms with Crippen molar-refractivity contribution in [3.8, 4) is 0 Å². The fourth-order valence-electron chi connectivity index (χ4n) is 3.27. The summed E-state index contributed by atoms with van der Waals surface area (Å²) in [6.07, 6.45) is 9.13. The molecule has 0 bridgehead atoms. The Morgan fingerprint density at radius 3 is 2.50 bits per heavy atom. The standard InChI is InChI=1S/C16H27N2/c1-12(2)16-17(15-9-7-6-8-10-15)11-14(5)18(16)13(3)4/h6-7,9,12-14H,8,10-11H2,1-5H3/q+1/t14-/m1/s1. The van der Waals surface area contributed by atoms with E-state index in [1.165, 1.54) is 24.4 Å². The summed E-state index contributed by atoms with van der Waals surface area (Å²) in [4.78, 5) is 2.57. The minimum atomic E-state index is 0.585. The molecule has 0 aromatic carbocycles. The van der Waals surface area contributed by atoms with E-state index < -0.39 is 0 Å². The molecular weight excluding hydrogens is 220 g/mol. The monoisotopic (exact) mass is 247 g/mol. The van der Waals surface area contributed by atoms with Gasteiger partial charge in [-0.05, 0) is 33.3 Å². The molecular formula is C16H27N2+. The molecule has 0 fully saturated rings. The van der Waals surface area contributed by atoms with Crippen LogP contribution in [-0.2, 0) is 0 Å². The van der Waals surface area contributed by atoms with Gasteiger partial charge < -0.3 is 0 Å². The lowest BCUT2D eigenvalue weighted by Gasteiger charge is -2.20. The number of hydrogen-bond donors (Lipinski definition) is 0. The lowest BCUT2D eigenvalue weighted by molar-refractivity contribution is -0.583. The summed E-state index contributed by atoms with van der Waals surface area (Å²) in [7, 11) is 0. The van der Waals surface area contributed by atoms with E-state index in [9.17, 15) is 0 Å².